The van der Waals surface area contributed by atoms with Gasteiger partial charge in [-0.15, -0.1) is 0 Å². The van der Waals surface area contributed by atoms with Crippen LogP contribution in [0.4, 0.5) is 0 Å². The minimum absolute atomic E-state index is 0.227. The van der Waals surface area contributed by atoms with E-state index < -0.39 is 0 Å². The molecule has 1 unspecified atom stereocenters. The highest BCUT2D eigenvalue weighted by Crippen LogP contribution is 2.17. The van der Waals surface area contributed by atoms with Crippen LogP contribution in [0, 0.1) is 0 Å². The molecule has 1 aromatic rings. The standard InChI is InChI=1S/C19H37N7/c1-6-10-26-11-8-17(9-12-26)23-19(20-7-2)21-14-18(24(3)4)16-13-22-25(5)15-16/h13,15,17-18H,6-12,14H2,1-5H3,(H2,20,21,23). The summed E-state index contributed by atoms with van der Waals surface area (Å²) in [7, 11) is 6.14. The van der Waals surface area contributed by atoms with Gasteiger partial charge in [-0.05, 0) is 46.8 Å². The maximum absolute atomic E-state index is 4.87. The van der Waals surface area contributed by atoms with Gasteiger partial charge in [0, 0.05) is 44.5 Å². The van der Waals surface area contributed by atoms with Gasteiger partial charge in [-0.3, -0.25) is 9.67 Å². The molecule has 0 aromatic carbocycles. The lowest BCUT2D eigenvalue weighted by Crippen LogP contribution is -2.49. The lowest BCUT2D eigenvalue weighted by molar-refractivity contribution is 0.206. The number of guanidine groups is 1. The van der Waals surface area contributed by atoms with Gasteiger partial charge in [0.15, 0.2) is 5.96 Å². The van der Waals surface area contributed by atoms with Crippen LogP contribution in [0.1, 0.15) is 44.7 Å². The van der Waals surface area contributed by atoms with Crippen LogP contribution in [0.5, 0.6) is 0 Å². The number of aryl methyl sites for hydroxylation is 1. The van der Waals surface area contributed by atoms with Crippen molar-refractivity contribution in [3.63, 3.8) is 0 Å². The zero-order chi connectivity index (χ0) is 18.9. The molecule has 148 valence electrons. The van der Waals surface area contributed by atoms with E-state index in [2.05, 4.69) is 59.7 Å². The first kappa shape index (κ1) is 20.7. The third-order valence-electron chi connectivity index (χ3n) is 4.97. The van der Waals surface area contributed by atoms with Crippen molar-refractivity contribution < 1.29 is 0 Å². The van der Waals surface area contributed by atoms with Crippen LogP contribution < -0.4 is 10.6 Å². The molecule has 2 N–H and O–H groups in total. The molecule has 0 saturated carbocycles. The SMILES string of the molecule is CCCN1CCC(NC(=NCC(c2cnn(C)c2)N(C)C)NCC)CC1. The van der Waals surface area contributed by atoms with Crippen molar-refractivity contribution >= 4 is 5.96 Å². The van der Waals surface area contributed by atoms with E-state index in [1.165, 1.54) is 44.5 Å². The summed E-state index contributed by atoms with van der Waals surface area (Å²) in [5.74, 6) is 0.928. The van der Waals surface area contributed by atoms with E-state index in [4.69, 9.17) is 4.99 Å². The Bertz CT molecular complexity index is 544. The fourth-order valence-electron chi connectivity index (χ4n) is 3.49. The number of hydrogen-bond donors (Lipinski definition) is 2. The Morgan fingerprint density at radius 2 is 2.08 bits per heavy atom. The molecular weight excluding hydrogens is 326 g/mol. The first-order valence-corrected chi connectivity index (χ1v) is 9.95. The molecule has 7 heteroatoms. The Morgan fingerprint density at radius 1 is 1.35 bits per heavy atom. The number of hydrogen-bond acceptors (Lipinski definition) is 4. The zero-order valence-electron chi connectivity index (χ0n) is 17.2. The number of piperidine rings is 1. The molecule has 2 heterocycles. The van der Waals surface area contributed by atoms with Crippen molar-refractivity contribution in [1.82, 2.24) is 30.2 Å². The van der Waals surface area contributed by atoms with Crippen molar-refractivity contribution in [1.29, 1.82) is 0 Å². The largest absolute Gasteiger partial charge is 0.357 e. The van der Waals surface area contributed by atoms with Crippen LogP contribution in [0.25, 0.3) is 0 Å². The lowest BCUT2D eigenvalue weighted by Gasteiger charge is -2.33. The number of aromatic nitrogens is 2. The average molecular weight is 364 g/mol. The minimum atomic E-state index is 0.227. The normalized spacial score (nSPS) is 18.3. The van der Waals surface area contributed by atoms with Gasteiger partial charge in [-0.1, -0.05) is 6.92 Å². The van der Waals surface area contributed by atoms with Gasteiger partial charge in [0.05, 0.1) is 18.8 Å². The Hall–Kier alpha value is -1.60. The predicted molar refractivity (Wildman–Crippen MR) is 109 cm³/mol. The molecule has 0 radical (unpaired) electrons. The summed E-state index contributed by atoms with van der Waals surface area (Å²) in [6.45, 7) is 9.54. The summed E-state index contributed by atoms with van der Waals surface area (Å²) in [6, 6.07) is 0.739. The highest BCUT2D eigenvalue weighted by atomic mass is 15.3. The number of likely N-dealkylation sites (tertiary alicyclic amines) is 1. The molecule has 0 bridgehead atoms. The van der Waals surface area contributed by atoms with Crippen molar-refractivity contribution in [2.45, 2.75) is 45.2 Å². The highest BCUT2D eigenvalue weighted by molar-refractivity contribution is 5.80. The first-order chi connectivity index (χ1) is 12.5. The maximum atomic E-state index is 4.87. The number of aliphatic imine (C=N–C) groups is 1. The average Bonchev–Trinajstić information content (AvgIpc) is 3.03. The van der Waals surface area contributed by atoms with Crippen molar-refractivity contribution in [2.75, 3.05) is 46.8 Å². The van der Waals surface area contributed by atoms with Gasteiger partial charge >= 0.3 is 0 Å². The Labute approximate surface area is 158 Å². The second-order valence-corrected chi connectivity index (χ2v) is 7.41. The van der Waals surface area contributed by atoms with Gasteiger partial charge in [0.1, 0.15) is 0 Å². The van der Waals surface area contributed by atoms with Gasteiger partial charge in [-0.2, -0.15) is 5.10 Å². The van der Waals surface area contributed by atoms with E-state index >= 15 is 0 Å². The molecule has 1 saturated heterocycles. The van der Waals surface area contributed by atoms with Crippen LogP contribution in [-0.4, -0.2) is 78.4 Å². The molecule has 2 rings (SSSR count). The third-order valence-corrected chi connectivity index (χ3v) is 4.97. The smallest absolute Gasteiger partial charge is 0.191 e. The number of likely N-dealkylation sites (N-methyl/N-ethyl adjacent to an activating group) is 1. The minimum Gasteiger partial charge on any atom is -0.357 e. The summed E-state index contributed by atoms with van der Waals surface area (Å²) in [5.41, 5.74) is 1.20. The molecule has 0 amide bonds. The van der Waals surface area contributed by atoms with Crippen molar-refractivity contribution in [2.24, 2.45) is 12.0 Å². The van der Waals surface area contributed by atoms with Crippen LogP contribution in [0.15, 0.2) is 17.4 Å². The van der Waals surface area contributed by atoms with E-state index in [9.17, 15) is 0 Å². The third kappa shape index (κ3) is 6.29. The second kappa shape index (κ2) is 10.5. The number of rotatable bonds is 8. The molecule has 0 aliphatic carbocycles. The van der Waals surface area contributed by atoms with E-state index in [1.54, 1.807) is 0 Å². The summed E-state index contributed by atoms with van der Waals surface area (Å²) in [4.78, 5) is 9.64. The number of nitrogens with one attached hydrogen (secondary N) is 2. The first-order valence-electron chi connectivity index (χ1n) is 9.95. The molecule has 26 heavy (non-hydrogen) atoms. The monoisotopic (exact) mass is 363 g/mol. The Kier molecular flexibility index (Phi) is 8.38. The molecule has 1 aromatic heterocycles. The Balaban J connectivity index is 1.94. The fraction of sp³-hybridized carbons (Fsp3) is 0.789. The van der Waals surface area contributed by atoms with E-state index in [-0.39, 0.29) is 6.04 Å². The molecule has 1 aliphatic heterocycles. The summed E-state index contributed by atoms with van der Waals surface area (Å²) < 4.78 is 1.85. The van der Waals surface area contributed by atoms with Crippen LogP contribution >= 0.6 is 0 Å². The Morgan fingerprint density at radius 3 is 2.62 bits per heavy atom. The van der Waals surface area contributed by atoms with Gasteiger partial charge in [-0.25, -0.2) is 0 Å². The van der Waals surface area contributed by atoms with E-state index in [1.807, 2.05) is 17.9 Å². The van der Waals surface area contributed by atoms with E-state index in [0.29, 0.717) is 12.6 Å². The highest BCUT2D eigenvalue weighted by Gasteiger charge is 2.20. The molecule has 1 atom stereocenters. The zero-order valence-corrected chi connectivity index (χ0v) is 17.2. The summed E-state index contributed by atoms with van der Waals surface area (Å²) >= 11 is 0. The summed E-state index contributed by atoms with van der Waals surface area (Å²) in [6.07, 6.45) is 7.62. The molecule has 0 spiro atoms. The molecule has 1 aliphatic rings. The van der Waals surface area contributed by atoms with Crippen LogP contribution in [0.3, 0.4) is 0 Å². The second-order valence-electron chi connectivity index (χ2n) is 7.41. The number of nitrogens with zero attached hydrogens (tertiary/aromatic N) is 5. The quantitative estimate of drug-likeness (QED) is 0.541. The fourth-order valence-corrected chi connectivity index (χ4v) is 3.49. The van der Waals surface area contributed by atoms with Gasteiger partial charge in [0.25, 0.3) is 0 Å². The van der Waals surface area contributed by atoms with Crippen LogP contribution in [0.2, 0.25) is 0 Å². The van der Waals surface area contributed by atoms with E-state index in [0.717, 1.165) is 12.5 Å². The van der Waals surface area contributed by atoms with Crippen molar-refractivity contribution in [3.8, 4) is 0 Å². The molecule has 7 nitrogen and oxygen atoms in total. The molecule has 1 fully saturated rings. The predicted octanol–water partition coefficient (Wildman–Crippen LogP) is 1.45. The lowest BCUT2D eigenvalue weighted by atomic mass is 10.1. The van der Waals surface area contributed by atoms with Gasteiger partial charge < -0.3 is 20.4 Å². The van der Waals surface area contributed by atoms with Crippen molar-refractivity contribution in [3.05, 3.63) is 18.0 Å². The maximum Gasteiger partial charge on any atom is 0.191 e. The van der Waals surface area contributed by atoms with Crippen LogP contribution in [-0.2, 0) is 7.05 Å². The van der Waals surface area contributed by atoms with Gasteiger partial charge in [0.2, 0.25) is 0 Å². The summed E-state index contributed by atoms with van der Waals surface area (Å²) in [5, 5.41) is 11.4. The molecular formula is C19H37N7. The topological polar surface area (TPSA) is 60.7 Å².